The van der Waals surface area contributed by atoms with Gasteiger partial charge in [-0.05, 0) is 29.8 Å². The lowest BCUT2D eigenvalue weighted by Gasteiger charge is -2.18. The molecule has 1 aromatic carbocycles. The van der Waals surface area contributed by atoms with E-state index < -0.39 is 0 Å². The molecule has 2 rings (SSSR count). The second kappa shape index (κ2) is 6.20. The second-order valence-electron chi connectivity index (χ2n) is 6.40. The number of nitrogens with one attached hydrogen (secondary N) is 1. The zero-order chi connectivity index (χ0) is 15.6. The fourth-order valence-electron chi connectivity index (χ4n) is 2.39. The molecule has 1 heterocycles. The van der Waals surface area contributed by atoms with Gasteiger partial charge in [-0.15, -0.1) is 0 Å². The highest BCUT2D eigenvalue weighted by atomic mass is 35.5. The highest BCUT2D eigenvalue weighted by molar-refractivity contribution is 6.31. The van der Waals surface area contributed by atoms with Crippen molar-refractivity contribution in [1.82, 2.24) is 15.1 Å². The summed E-state index contributed by atoms with van der Waals surface area (Å²) in [4.78, 5) is 0. The molecule has 0 aliphatic rings. The van der Waals surface area contributed by atoms with Gasteiger partial charge in [-0.2, -0.15) is 5.10 Å². The minimum atomic E-state index is 0.0120. The summed E-state index contributed by atoms with van der Waals surface area (Å²) in [5.74, 6) is 0. The van der Waals surface area contributed by atoms with E-state index in [4.69, 9.17) is 11.6 Å². The first-order chi connectivity index (χ1) is 9.82. The van der Waals surface area contributed by atoms with Gasteiger partial charge in [-0.3, -0.25) is 4.68 Å². The predicted octanol–water partition coefficient (Wildman–Crippen LogP) is 4.15. The van der Waals surface area contributed by atoms with Crippen molar-refractivity contribution in [2.24, 2.45) is 7.05 Å². The van der Waals surface area contributed by atoms with Gasteiger partial charge in [0.25, 0.3) is 0 Å². The Balaban J connectivity index is 2.47. The summed E-state index contributed by atoms with van der Waals surface area (Å²) in [6.45, 7) is 10.4. The molecular formula is C17H24ClN3. The number of nitrogens with zero attached hydrogens (tertiary/aromatic N) is 2. The van der Waals surface area contributed by atoms with Crippen LogP contribution in [0.15, 0.2) is 24.4 Å². The lowest BCUT2D eigenvalue weighted by atomic mass is 9.87. The standard InChI is InChI=1S/C17H24ClN3/c1-6-19-10-13-9-12(7-8-15(13)18)14-11-21(5)20-16(14)17(2,3)4/h7-9,11,19H,6,10H2,1-5H3. The van der Waals surface area contributed by atoms with Crippen LogP contribution >= 0.6 is 11.6 Å². The van der Waals surface area contributed by atoms with Gasteiger partial charge in [-0.25, -0.2) is 0 Å². The molecule has 0 unspecified atom stereocenters. The molecule has 1 aromatic heterocycles. The number of aryl methyl sites for hydroxylation is 1. The smallest absolute Gasteiger partial charge is 0.0756 e. The van der Waals surface area contributed by atoms with Crippen LogP contribution < -0.4 is 5.32 Å². The van der Waals surface area contributed by atoms with E-state index in [2.05, 4.69) is 56.4 Å². The zero-order valence-corrected chi connectivity index (χ0v) is 14.3. The lowest BCUT2D eigenvalue weighted by Crippen LogP contribution is -2.14. The Labute approximate surface area is 132 Å². The van der Waals surface area contributed by atoms with Crippen molar-refractivity contribution < 1.29 is 0 Å². The average Bonchev–Trinajstić information content (AvgIpc) is 2.80. The molecule has 0 aliphatic heterocycles. The molecule has 0 fully saturated rings. The molecular weight excluding hydrogens is 282 g/mol. The van der Waals surface area contributed by atoms with Crippen molar-refractivity contribution >= 4 is 11.6 Å². The molecule has 0 radical (unpaired) electrons. The highest BCUT2D eigenvalue weighted by Gasteiger charge is 2.23. The first-order valence-electron chi connectivity index (χ1n) is 7.36. The normalized spacial score (nSPS) is 11.9. The minimum absolute atomic E-state index is 0.0120. The molecule has 0 aliphatic carbocycles. The van der Waals surface area contributed by atoms with E-state index in [1.54, 1.807) is 0 Å². The van der Waals surface area contributed by atoms with Crippen LogP contribution in [0.5, 0.6) is 0 Å². The number of rotatable bonds is 4. The van der Waals surface area contributed by atoms with Crippen LogP contribution in [0.25, 0.3) is 11.1 Å². The third-order valence-corrected chi connectivity index (χ3v) is 3.83. The summed E-state index contributed by atoms with van der Waals surface area (Å²) in [6, 6.07) is 6.21. The fraction of sp³-hybridized carbons (Fsp3) is 0.471. The Kier molecular flexibility index (Phi) is 4.74. The number of aromatic nitrogens is 2. The number of halogens is 1. The van der Waals surface area contributed by atoms with E-state index >= 15 is 0 Å². The van der Waals surface area contributed by atoms with Gasteiger partial charge in [0, 0.05) is 35.8 Å². The van der Waals surface area contributed by atoms with Gasteiger partial charge in [0.15, 0.2) is 0 Å². The van der Waals surface area contributed by atoms with Gasteiger partial charge >= 0.3 is 0 Å². The summed E-state index contributed by atoms with van der Waals surface area (Å²) >= 11 is 6.29. The van der Waals surface area contributed by atoms with Gasteiger partial charge in [0.2, 0.25) is 0 Å². The Hall–Kier alpha value is -1.32. The Morgan fingerprint density at radius 3 is 2.62 bits per heavy atom. The number of hydrogen-bond donors (Lipinski definition) is 1. The zero-order valence-electron chi connectivity index (χ0n) is 13.5. The SMILES string of the molecule is CCNCc1cc(-c2cn(C)nc2C(C)(C)C)ccc1Cl. The largest absolute Gasteiger partial charge is 0.313 e. The van der Waals surface area contributed by atoms with Crippen LogP contribution in [0.1, 0.15) is 39.0 Å². The van der Waals surface area contributed by atoms with Crippen LogP contribution in [0.3, 0.4) is 0 Å². The van der Waals surface area contributed by atoms with Crippen molar-refractivity contribution in [1.29, 1.82) is 0 Å². The maximum absolute atomic E-state index is 6.29. The van der Waals surface area contributed by atoms with Crippen LogP contribution in [0, 0.1) is 0 Å². The molecule has 0 amide bonds. The van der Waals surface area contributed by atoms with E-state index in [1.165, 1.54) is 11.1 Å². The van der Waals surface area contributed by atoms with Crippen LogP contribution in [-0.4, -0.2) is 16.3 Å². The summed E-state index contributed by atoms with van der Waals surface area (Å²) in [7, 11) is 1.97. The second-order valence-corrected chi connectivity index (χ2v) is 6.81. The molecule has 1 N–H and O–H groups in total. The van der Waals surface area contributed by atoms with E-state index in [1.807, 2.05) is 17.8 Å². The van der Waals surface area contributed by atoms with Crippen molar-refractivity contribution in [3.8, 4) is 11.1 Å². The third-order valence-electron chi connectivity index (χ3n) is 3.46. The molecule has 0 atom stereocenters. The Bertz CT molecular complexity index is 623. The van der Waals surface area contributed by atoms with Crippen LogP contribution in [-0.2, 0) is 19.0 Å². The first kappa shape index (κ1) is 16.1. The molecule has 0 saturated carbocycles. The lowest BCUT2D eigenvalue weighted by molar-refractivity contribution is 0.554. The predicted molar refractivity (Wildman–Crippen MR) is 89.7 cm³/mol. The summed E-state index contributed by atoms with van der Waals surface area (Å²) in [5, 5.41) is 8.78. The molecule has 114 valence electrons. The van der Waals surface area contributed by atoms with Crippen molar-refractivity contribution in [2.45, 2.75) is 39.7 Å². The average molecular weight is 306 g/mol. The quantitative estimate of drug-likeness (QED) is 0.919. The van der Waals surface area contributed by atoms with Crippen molar-refractivity contribution in [3.63, 3.8) is 0 Å². The van der Waals surface area contributed by atoms with Crippen molar-refractivity contribution in [3.05, 3.63) is 40.7 Å². The molecule has 21 heavy (non-hydrogen) atoms. The van der Waals surface area contributed by atoms with Crippen LogP contribution in [0.4, 0.5) is 0 Å². The topological polar surface area (TPSA) is 29.9 Å². The summed E-state index contributed by atoms with van der Waals surface area (Å²) in [6.07, 6.45) is 2.08. The van der Waals surface area contributed by atoms with Gasteiger partial charge < -0.3 is 5.32 Å². The van der Waals surface area contributed by atoms with Gasteiger partial charge in [-0.1, -0.05) is 45.4 Å². The fourth-order valence-corrected chi connectivity index (χ4v) is 2.58. The van der Waals surface area contributed by atoms with Crippen molar-refractivity contribution in [2.75, 3.05) is 6.54 Å². The monoisotopic (exact) mass is 305 g/mol. The van der Waals surface area contributed by atoms with E-state index in [-0.39, 0.29) is 5.41 Å². The molecule has 3 nitrogen and oxygen atoms in total. The molecule has 0 saturated heterocycles. The van der Waals surface area contributed by atoms with E-state index in [9.17, 15) is 0 Å². The minimum Gasteiger partial charge on any atom is -0.313 e. The van der Waals surface area contributed by atoms with Gasteiger partial charge in [0.1, 0.15) is 0 Å². The number of benzene rings is 1. The molecule has 4 heteroatoms. The third kappa shape index (κ3) is 3.66. The van der Waals surface area contributed by atoms with Gasteiger partial charge in [0.05, 0.1) is 5.69 Å². The maximum Gasteiger partial charge on any atom is 0.0756 e. The van der Waals surface area contributed by atoms with Crippen LogP contribution in [0.2, 0.25) is 5.02 Å². The number of hydrogen-bond acceptors (Lipinski definition) is 2. The summed E-state index contributed by atoms with van der Waals surface area (Å²) < 4.78 is 1.88. The highest BCUT2D eigenvalue weighted by Crippen LogP contribution is 2.33. The Morgan fingerprint density at radius 1 is 1.29 bits per heavy atom. The molecule has 2 aromatic rings. The molecule has 0 bridgehead atoms. The first-order valence-corrected chi connectivity index (χ1v) is 7.74. The molecule has 0 spiro atoms. The van der Waals surface area contributed by atoms with E-state index in [0.717, 1.165) is 29.4 Å². The Morgan fingerprint density at radius 2 is 2.00 bits per heavy atom. The maximum atomic E-state index is 6.29. The van der Waals surface area contributed by atoms with E-state index in [0.29, 0.717) is 0 Å². The summed E-state index contributed by atoms with van der Waals surface area (Å²) in [5.41, 5.74) is 4.60.